The average Bonchev–Trinajstić information content (AvgIpc) is 3.06. The van der Waals surface area contributed by atoms with Crippen molar-refractivity contribution >= 4 is 11.6 Å². The maximum absolute atomic E-state index is 12.4. The number of carbonyl (C=O) groups excluding carboxylic acids is 1. The average molecular weight is 336 g/mol. The molecule has 0 spiro atoms. The summed E-state index contributed by atoms with van der Waals surface area (Å²) in [5, 5.41) is 7.36. The summed E-state index contributed by atoms with van der Waals surface area (Å²) in [6.45, 7) is 4.92. The van der Waals surface area contributed by atoms with Crippen LogP contribution in [0.1, 0.15) is 48.5 Å². The van der Waals surface area contributed by atoms with Crippen molar-refractivity contribution in [2.75, 3.05) is 6.54 Å². The molecule has 2 heterocycles. The summed E-state index contributed by atoms with van der Waals surface area (Å²) in [7, 11) is 0. The summed E-state index contributed by atoms with van der Waals surface area (Å²) < 4.78 is 1.73. The third-order valence-corrected chi connectivity index (χ3v) is 4.31. The van der Waals surface area contributed by atoms with Crippen molar-refractivity contribution in [3.63, 3.8) is 0 Å². The molecule has 0 atom stereocenters. The maximum atomic E-state index is 12.4. The van der Waals surface area contributed by atoms with Crippen molar-refractivity contribution in [3.8, 4) is 11.3 Å². The van der Waals surface area contributed by atoms with Gasteiger partial charge in [-0.25, -0.2) is 9.50 Å². The predicted molar refractivity (Wildman–Crippen MR) is 99.6 cm³/mol. The van der Waals surface area contributed by atoms with Gasteiger partial charge in [-0.1, -0.05) is 56.0 Å². The molecule has 0 saturated heterocycles. The van der Waals surface area contributed by atoms with Gasteiger partial charge in [-0.3, -0.25) is 4.79 Å². The molecule has 2 aromatic heterocycles. The van der Waals surface area contributed by atoms with Crippen molar-refractivity contribution in [1.29, 1.82) is 0 Å². The van der Waals surface area contributed by atoms with Crippen LogP contribution in [0.25, 0.3) is 16.9 Å². The third-order valence-electron chi connectivity index (χ3n) is 4.31. The molecular formula is C20H24N4O. The number of nitrogens with zero attached hydrogens (tertiary/aromatic N) is 3. The Morgan fingerprint density at radius 3 is 2.68 bits per heavy atom. The van der Waals surface area contributed by atoms with Gasteiger partial charge in [0.15, 0.2) is 5.65 Å². The lowest BCUT2D eigenvalue weighted by atomic mass is 10.1. The Balaban J connectivity index is 1.81. The predicted octanol–water partition coefficient (Wildman–Crippen LogP) is 4.01. The van der Waals surface area contributed by atoms with Gasteiger partial charge in [-0.05, 0) is 19.4 Å². The van der Waals surface area contributed by atoms with Gasteiger partial charge in [0.2, 0.25) is 0 Å². The number of aromatic nitrogens is 3. The van der Waals surface area contributed by atoms with Gasteiger partial charge in [0.1, 0.15) is 5.56 Å². The quantitative estimate of drug-likeness (QED) is 0.663. The van der Waals surface area contributed by atoms with E-state index >= 15 is 0 Å². The first-order valence-electron chi connectivity index (χ1n) is 8.88. The Morgan fingerprint density at radius 1 is 1.12 bits per heavy atom. The molecule has 1 amide bonds. The van der Waals surface area contributed by atoms with Gasteiger partial charge in [0.25, 0.3) is 5.91 Å². The monoisotopic (exact) mass is 336 g/mol. The van der Waals surface area contributed by atoms with Crippen LogP contribution in [0.2, 0.25) is 0 Å². The topological polar surface area (TPSA) is 59.3 Å². The fourth-order valence-corrected chi connectivity index (χ4v) is 2.84. The second-order valence-electron chi connectivity index (χ2n) is 6.31. The molecule has 0 radical (unpaired) electrons. The van der Waals surface area contributed by atoms with Crippen molar-refractivity contribution in [2.24, 2.45) is 0 Å². The minimum Gasteiger partial charge on any atom is -0.352 e. The highest BCUT2D eigenvalue weighted by molar-refractivity contribution is 5.99. The van der Waals surface area contributed by atoms with Crippen LogP contribution in [0, 0.1) is 6.92 Å². The lowest BCUT2D eigenvalue weighted by Gasteiger charge is -2.06. The van der Waals surface area contributed by atoms with Gasteiger partial charge in [-0.15, -0.1) is 0 Å². The summed E-state index contributed by atoms with van der Waals surface area (Å²) in [5.74, 6) is -0.111. The highest BCUT2D eigenvalue weighted by atomic mass is 16.1. The summed E-state index contributed by atoms with van der Waals surface area (Å²) in [6, 6.07) is 10.2. The first kappa shape index (κ1) is 17.1. The number of amides is 1. The number of fused-ring (bicyclic) bond motifs is 1. The van der Waals surface area contributed by atoms with E-state index in [9.17, 15) is 4.79 Å². The minimum absolute atomic E-state index is 0.111. The zero-order valence-corrected chi connectivity index (χ0v) is 14.8. The van der Waals surface area contributed by atoms with E-state index < -0.39 is 0 Å². The Hall–Kier alpha value is -2.69. The number of hydrogen-bond donors (Lipinski definition) is 1. The number of hydrogen-bond acceptors (Lipinski definition) is 3. The van der Waals surface area contributed by atoms with Crippen molar-refractivity contribution in [3.05, 3.63) is 53.9 Å². The number of unbranched alkanes of at least 4 members (excludes halogenated alkanes) is 3. The SMILES string of the molecule is CCCCCCNC(=O)c1cnn2c(-c3ccc(C)cc3)ccnc12. The standard InChI is InChI=1S/C20H24N4O/c1-3-4-5-6-12-22-20(25)17-14-23-24-18(11-13-21-19(17)24)16-9-7-15(2)8-10-16/h7-11,13-14H,3-6,12H2,1-2H3,(H,22,25). The van der Waals surface area contributed by atoms with E-state index in [1.54, 1.807) is 16.9 Å². The van der Waals surface area contributed by atoms with Crippen molar-refractivity contribution in [1.82, 2.24) is 19.9 Å². The number of aryl methyl sites for hydroxylation is 1. The van der Waals surface area contributed by atoms with Crippen molar-refractivity contribution < 1.29 is 4.79 Å². The van der Waals surface area contributed by atoms with E-state index in [-0.39, 0.29) is 5.91 Å². The van der Waals surface area contributed by atoms with E-state index in [0.717, 1.165) is 24.1 Å². The third kappa shape index (κ3) is 3.87. The van der Waals surface area contributed by atoms with Crippen LogP contribution in [-0.2, 0) is 0 Å². The molecule has 0 fully saturated rings. The number of carbonyl (C=O) groups is 1. The Bertz CT molecular complexity index is 852. The molecule has 0 aliphatic heterocycles. The van der Waals surface area contributed by atoms with Crippen molar-refractivity contribution in [2.45, 2.75) is 39.5 Å². The second-order valence-corrected chi connectivity index (χ2v) is 6.31. The van der Waals surface area contributed by atoms with Gasteiger partial charge < -0.3 is 5.32 Å². The molecule has 0 bridgehead atoms. The lowest BCUT2D eigenvalue weighted by Crippen LogP contribution is -2.24. The Morgan fingerprint density at radius 2 is 1.92 bits per heavy atom. The van der Waals surface area contributed by atoms with E-state index in [4.69, 9.17) is 0 Å². The van der Waals surface area contributed by atoms with E-state index in [0.29, 0.717) is 17.8 Å². The first-order chi connectivity index (χ1) is 12.2. The number of nitrogens with one attached hydrogen (secondary N) is 1. The molecule has 0 aliphatic rings. The van der Waals surface area contributed by atoms with Gasteiger partial charge in [0.05, 0.1) is 11.9 Å². The van der Waals surface area contributed by atoms with Crippen LogP contribution >= 0.6 is 0 Å². The summed E-state index contributed by atoms with van der Waals surface area (Å²) >= 11 is 0. The molecular weight excluding hydrogens is 312 g/mol. The molecule has 3 aromatic rings. The van der Waals surface area contributed by atoms with Crippen LogP contribution in [-0.4, -0.2) is 27.0 Å². The van der Waals surface area contributed by atoms with Crippen LogP contribution in [0.15, 0.2) is 42.7 Å². The Labute approximate surface area is 148 Å². The lowest BCUT2D eigenvalue weighted by molar-refractivity contribution is 0.0954. The molecule has 0 saturated carbocycles. The highest BCUT2D eigenvalue weighted by Crippen LogP contribution is 2.21. The molecule has 0 unspecified atom stereocenters. The van der Waals surface area contributed by atoms with E-state index in [1.807, 2.05) is 6.07 Å². The largest absolute Gasteiger partial charge is 0.352 e. The molecule has 3 rings (SSSR count). The molecule has 1 N–H and O–H groups in total. The highest BCUT2D eigenvalue weighted by Gasteiger charge is 2.15. The molecule has 5 nitrogen and oxygen atoms in total. The van der Waals surface area contributed by atoms with E-state index in [1.165, 1.54) is 18.4 Å². The van der Waals surface area contributed by atoms with Gasteiger partial charge >= 0.3 is 0 Å². The molecule has 0 aliphatic carbocycles. The Kier molecular flexibility index (Phi) is 5.43. The number of rotatable bonds is 7. The van der Waals surface area contributed by atoms with E-state index in [2.05, 4.69) is 53.5 Å². The van der Waals surface area contributed by atoms with Gasteiger partial charge in [-0.2, -0.15) is 5.10 Å². The molecule has 1 aromatic carbocycles. The fourth-order valence-electron chi connectivity index (χ4n) is 2.84. The fraction of sp³-hybridized carbons (Fsp3) is 0.350. The molecule has 5 heteroatoms. The summed E-state index contributed by atoms with van der Waals surface area (Å²) in [4.78, 5) is 16.8. The first-order valence-corrected chi connectivity index (χ1v) is 8.88. The van der Waals surface area contributed by atoms with Gasteiger partial charge in [0, 0.05) is 18.3 Å². The second kappa shape index (κ2) is 7.92. The summed E-state index contributed by atoms with van der Waals surface area (Å²) in [5.41, 5.74) is 4.28. The zero-order valence-electron chi connectivity index (χ0n) is 14.8. The number of benzene rings is 1. The summed E-state index contributed by atoms with van der Waals surface area (Å²) in [6.07, 6.45) is 7.86. The zero-order chi connectivity index (χ0) is 17.6. The van der Waals surface area contributed by atoms with Crippen LogP contribution in [0.5, 0.6) is 0 Å². The van der Waals surface area contributed by atoms with Crippen LogP contribution < -0.4 is 5.32 Å². The van der Waals surface area contributed by atoms with Crippen LogP contribution in [0.3, 0.4) is 0 Å². The molecule has 130 valence electrons. The minimum atomic E-state index is -0.111. The van der Waals surface area contributed by atoms with Crippen LogP contribution in [0.4, 0.5) is 0 Å². The maximum Gasteiger partial charge on any atom is 0.256 e. The smallest absolute Gasteiger partial charge is 0.256 e. The normalized spacial score (nSPS) is 11.0. The molecule has 25 heavy (non-hydrogen) atoms.